The molecule has 0 amide bonds. The van der Waals surface area contributed by atoms with Gasteiger partial charge in [0.1, 0.15) is 17.1 Å². The van der Waals surface area contributed by atoms with E-state index >= 15 is 0 Å². The lowest BCUT2D eigenvalue weighted by Gasteiger charge is -2.14. The first kappa shape index (κ1) is 20.0. The number of carboxylic acids is 1. The van der Waals surface area contributed by atoms with Gasteiger partial charge < -0.3 is 24.3 Å². The topological polar surface area (TPSA) is 98.0 Å². The summed E-state index contributed by atoms with van der Waals surface area (Å²) in [7, 11) is 1.58. The van der Waals surface area contributed by atoms with Gasteiger partial charge in [-0.2, -0.15) is 0 Å². The summed E-state index contributed by atoms with van der Waals surface area (Å²) < 4.78 is 12.1. The third kappa shape index (κ3) is 3.80. The number of carbonyl (C=O) groups is 2. The van der Waals surface area contributed by atoms with Crippen molar-refractivity contribution in [3.8, 4) is 28.4 Å². The fraction of sp³-hybridized carbons (Fsp3) is 0.182. The van der Waals surface area contributed by atoms with Crippen molar-refractivity contribution >= 4 is 11.9 Å². The third-order valence-corrected chi connectivity index (χ3v) is 4.60. The van der Waals surface area contributed by atoms with E-state index in [1.807, 2.05) is 12.1 Å². The number of nitrogens with zero attached hydrogens (tertiary/aromatic N) is 1. The van der Waals surface area contributed by atoms with Crippen molar-refractivity contribution < 1.29 is 29.3 Å². The number of hydrogen-bond donors (Lipinski definition) is 2. The molecule has 0 aliphatic carbocycles. The summed E-state index contributed by atoms with van der Waals surface area (Å²) in [6.07, 6.45) is 0. The third-order valence-electron chi connectivity index (χ3n) is 4.60. The van der Waals surface area contributed by atoms with Crippen LogP contribution in [-0.4, -0.2) is 40.4 Å². The van der Waals surface area contributed by atoms with Crippen LogP contribution in [0.15, 0.2) is 48.5 Å². The standard InChI is InChI=1S/C22H21NO6/c1-4-29-22(27)18-12-19(14-5-8-16(28-3)9-6-14)23(13(18)2)15-7-10-17(21(25)26)20(24)11-15/h5-12,24H,4H2,1-3H3,(H,25,26). The van der Waals surface area contributed by atoms with Gasteiger partial charge in [0.25, 0.3) is 0 Å². The number of esters is 1. The molecule has 0 aliphatic heterocycles. The van der Waals surface area contributed by atoms with Crippen LogP contribution < -0.4 is 4.74 Å². The van der Waals surface area contributed by atoms with Crippen LogP contribution in [-0.2, 0) is 4.74 Å². The predicted octanol–water partition coefficient (Wildman–Crippen LogP) is 4.04. The number of hydrogen-bond acceptors (Lipinski definition) is 5. The van der Waals surface area contributed by atoms with Crippen molar-refractivity contribution in [2.45, 2.75) is 13.8 Å². The van der Waals surface area contributed by atoms with Gasteiger partial charge in [0.15, 0.2) is 0 Å². The Labute approximate surface area is 167 Å². The number of aromatic carboxylic acids is 1. The molecule has 0 unspecified atom stereocenters. The number of benzene rings is 2. The Morgan fingerprint density at radius 1 is 1.03 bits per heavy atom. The van der Waals surface area contributed by atoms with E-state index in [1.165, 1.54) is 12.1 Å². The first-order valence-electron chi connectivity index (χ1n) is 8.98. The molecule has 0 fully saturated rings. The van der Waals surface area contributed by atoms with E-state index in [9.17, 15) is 14.7 Å². The fourth-order valence-electron chi connectivity index (χ4n) is 3.17. The highest BCUT2D eigenvalue weighted by molar-refractivity contribution is 5.94. The number of carbonyl (C=O) groups excluding carboxylic acids is 1. The molecular formula is C22H21NO6. The highest BCUT2D eigenvalue weighted by Gasteiger charge is 2.21. The van der Waals surface area contributed by atoms with Crippen molar-refractivity contribution in [3.63, 3.8) is 0 Å². The summed E-state index contributed by atoms with van der Waals surface area (Å²) in [5.41, 5.74) is 2.82. The molecule has 1 heterocycles. The molecule has 0 bridgehead atoms. The van der Waals surface area contributed by atoms with Crippen LogP contribution in [0.3, 0.4) is 0 Å². The van der Waals surface area contributed by atoms with Gasteiger partial charge in [-0.25, -0.2) is 9.59 Å². The molecule has 2 aromatic carbocycles. The fourth-order valence-corrected chi connectivity index (χ4v) is 3.17. The smallest absolute Gasteiger partial charge is 0.339 e. The average Bonchev–Trinajstić information content (AvgIpc) is 3.05. The summed E-state index contributed by atoms with van der Waals surface area (Å²) in [6, 6.07) is 13.3. The van der Waals surface area contributed by atoms with Gasteiger partial charge in [-0.15, -0.1) is 0 Å². The normalized spacial score (nSPS) is 10.6. The molecule has 1 aromatic heterocycles. The maximum Gasteiger partial charge on any atom is 0.339 e. The minimum atomic E-state index is -1.22. The van der Waals surface area contributed by atoms with Crippen LogP contribution in [0, 0.1) is 6.92 Å². The lowest BCUT2D eigenvalue weighted by molar-refractivity contribution is 0.0525. The summed E-state index contributed by atoms with van der Waals surface area (Å²) in [4.78, 5) is 23.6. The molecule has 0 spiro atoms. The van der Waals surface area contributed by atoms with E-state index in [-0.39, 0.29) is 17.9 Å². The SMILES string of the molecule is CCOC(=O)c1cc(-c2ccc(OC)cc2)n(-c2ccc(C(=O)O)c(O)c2)c1C. The van der Waals surface area contributed by atoms with E-state index in [0.29, 0.717) is 28.4 Å². The quantitative estimate of drug-likeness (QED) is 0.611. The van der Waals surface area contributed by atoms with Crippen LogP contribution in [0.2, 0.25) is 0 Å². The Morgan fingerprint density at radius 2 is 1.72 bits per heavy atom. The number of aromatic nitrogens is 1. The van der Waals surface area contributed by atoms with Crippen molar-refractivity contribution in [3.05, 3.63) is 65.4 Å². The lowest BCUT2D eigenvalue weighted by atomic mass is 10.1. The minimum absolute atomic E-state index is 0.199. The van der Waals surface area contributed by atoms with Gasteiger partial charge in [-0.05, 0) is 61.9 Å². The number of methoxy groups -OCH3 is 1. The van der Waals surface area contributed by atoms with Gasteiger partial charge in [0.2, 0.25) is 0 Å². The second-order valence-corrected chi connectivity index (χ2v) is 6.32. The van der Waals surface area contributed by atoms with Gasteiger partial charge in [-0.3, -0.25) is 0 Å². The molecule has 0 radical (unpaired) electrons. The minimum Gasteiger partial charge on any atom is -0.507 e. The number of ether oxygens (including phenoxy) is 2. The Kier molecular flexibility index (Phi) is 5.59. The molecule has 0 aliphatic rings. The Balaban J connectivity index is 2.21. The first-order chi connectivity index (χ1) is 13.9. The van der Waals surface area contributed by atoms with Crippen molar-refractivity contribution in [1.82, 2.24) is 4.57 Å². The number of rotatable bonds is 6. The maximum absolute atomic E-state index is 12.4. The van der Waals surface area contributed by atoms with Crippen molar-refractivity contribution in [1.29, 1.82) is 0 Å². The molecular weight excluding hydrogens is 374 g/mol. The first-order valence-corrected chi connectivity index (χ1v) is 8.98. The average molecular weight is 395 g/mol. The van der Waals surface area contributed by atoms with Crippen molar-refractivity contribution in [2.24, 2.45) is 0 Å². The molecule has 29 heavy (non-hydrogen) atoms. The van der Waals surface area contributed by atoms with Gasteiger partial charge in [0.05, 0.1) is 25.0 Å². The molecule has 150 valence electrons. The maximum atomic E-state index is 12.4. The van der Waals surface area contributed by atoms with E-state index in [4.69, 9.17) is 14.6 Å². The van der Waals surface area contributed by atoms with E-state index in [0.717, 1.165) is 5.56 Å². The molecule has 7 nitrogen and oxygen atoms in total. The number of phenols is 1. The number of aromatic hydroxyl groups is 1. The summed E-state index contributed by atoms with van der Waals surface area (Å²) in [5.74, 6) is -1.34. The molecule has 3 rings (SSSR count). The lowest BCUT2D eigenvalue weighted by Crippen LogP contribution is -2.07. The molecule has 3 aromatic rings. The van der Waals surface area contributed by atoms with Crippen LogP contribution in [0.4, 0.5) is 0 Å². The van der Waals surface area contributed by atoms with Crippen LogP contribution in [0.25, 0.3) is 16.9 Å². The number of carboxylic acid groups (broad SMARTS) is 1. The Bertz CT molecular complexity index is 1070. The van der Waals surface area contributed by atoms with Gasteiger partial charge in [-0.1, -0.05) is 0 Å². The second kappa shape index (κ2) is 8.10. The van der Waals surface area contributed by atoms with Crippen LogP contribution >= 0.6 is 0 Å². The summed E-state index contributed by atoms with van der Waals surface area (Å²) in [5, 5.41) is 19.3. The zero-order chi connectivity index (χ0) is 21.1. The molecule has 7 heteroatoms. The van der Waals surface area contributed by atoms with E-state index < -0.39 is 11.9 Å². The Morgan fingerprint density at radius 3 is 2.28 bits per heavy atom. The van der Waals surface area contributed by atoms with Gasteiger partial charge >= 0.3 is 11.9 Å². The monoisotopic (exact) mass is 395 g/mol. The molecule has 0 saturated heterocycles. The largest absolute Gasteiger partial charge is 0.507 e. The van der Waals surface area contributed by atoms with Crippen molar-refractivity contribution in [2.75, 3.05) is 13.7 Å². The highest BCUT2D eigenvalue weighted by atomic mass is 16.5. The zero-order valence-corrected chi connectivity index (χ0v) is 16.3. The van der Waals surface area contributed by atoms with Gasteiger partial charge in [0, 0.05) is 17.4 Å². The van der Waals surface area contributed by atoms with Crippen LogP contribution in [0.5, 0.6) is 11.5 Å². The zero-order valence-electron chi connectivity index (χ0n) is 16.3. The highest BCUT2D eigenvalue weighted by Crippen LogP contribution is 2.32. The van der Waals surface area contributed by atoms with E-state index in [1.54, 1.807) is 49.8 Å². The summed E-state index contributed by atoms with van der Waals surface area (Å²) >= 11 is 0. The van der Waals surface area contributed by atoms with E-state index in [2.05, 4.69) is 0 Å². The molecule has 2 N–H and O–H groups in total. The molecule has 0 atom stereocenters. The predicted molar refractivity (Wildman–Crippen MR) is 107 cm³/mol. The Hall–Kier alpha value is -3.74. The second-order valence-electron chi connectivity index (χ2n) is 6.32. The van der Waals surface area contributed by atoms with Crippen LogP contribution in [0.1, 0.15) is 33.3 Å². The molecule has 0 saturated carbocycles. The summed E-state index contributed by atoms with van der Waals surface area (Å²) in [6.45, 7) is 3.74.